The number of carboxylic acid groups (broad SMARTS) is 1. The van der Waals surface area contributed by atoms with Crippen LogP contribution in [-0.2, 0) is 4.79 Å². The summed E-state index contributed by atoms with van der Waals surface area (Å²) < 4.78 is 18.1. The van der Waals surface area contributed by atoms with Crippen LogP contribution in [0.3, 0.4) is 0 Å². The van der Waals surface area contributed by atoms with E-state index in [2.05, 4.69) is 0 Å². The number of aliphatic hydroxyl groups is 1. The predicted octanol–water partition coefficient (Wildman–Crippen LogP) is 1.34. The summed E-state index contributed by atoms with van der Waals surface area (Å²) in [6.07, 6.45) is -1.86. The van der Waals surface area contributed by atoms with Crippen molar-refractivity contribution in [2.45, 2.75) is 12.5 Å². The highest BCUT2D eigenvalue weighted by molar-refractivity contribution is 5.67. The molecule has 1 aromatic carbocycles. The minimum Gasteiger partial charge on any atom is -0.497 e. The molecule has 0 fully saturated rings. The SMILES string of the molecule is COc1ccc(C(O)CC(=O)O)c(F)c1. The minimum atomic E-state index is -1.34. The van der Waals surface area contributed by atoms with Gasteiger partial charge in [-0.2, -0.15) is 0 Å². The first kappa shape index (κ1) is 11.5. The third-order valence-electron chi connectivity index (χ3n) is 1.93. The topological polar surface area (TPSA) is 66.8 Å². The van der Waals surface area contributed by atoms with Crippen LogP contribution in [0.5, 0.6) is 5.75 Å². The number of aliphatic hydroxyl groups excluding tert-OH is 1. The molecule has 82 valence electrons. The van der Waals surface area contributed by atoms with Gasteiger partial charge in [-0.3, -0.25) is 4.79 Å². The minimum absolute atomic E-state index is 0.0433. The van der Waals surface area contributed by atoms with Crippen LogP contribution in [0.4, 0.5) is 4.39 Å². The number of halogens is 1. The number of rotatable bonds is 4. The van der Waals surface area contributed by atoms with Crippen LogP contribution in [0.2, 0.25) is 0 Å². The Balaban J connectivity index is 2.90. The van der Waals surface area contributed by atoms with Crippen molar-refractivity contribution in [3.8, 4) is 5.75 Å². The molecule has 1 aromatic rings. The number of carboxylic acids is 1. The highest BCUT2D eigenvalue weighted by Gasteiger charge is 2.16. The summed E-state index contributed by atoms with van der Waals surface area (Å²) in [5, 5.41) is 17.8. The molecule has 4 nitrogen and oxygen atoms in total. The van der Waals surface area contributed by atoms with Crippen molar-refractivity contribution in [1.29, 1.82) is 0 Å². The Morgan fingerprint density at radius 1 is 1.60 bits per heavy atom. The van der Waals surface area contributed by atoms with Crippen molar-refractivity contribution in [2.24, 2.45) is 0 Å². The zero-order valence-corrected chi connectivity index (χ0v) is 8.11. The van der Waals surface area contributed by atoms with E-state index in [-0.39, 0.29) is 5.56 Å². The average molecular weight is 214 g/mol. The van der Waals surface area contributed by atoms with E-state index >= 15 is 0 Å². The van der Waals surface area contributed by atoms with Gasteiger partial charge in [-0.05, 0) is 12.1 Å². The van der Waals surface area contributed by atoms with E-state index in [9.17, 15) is 14.3 Å². The first-order chi connectivity index (χ1) is 7.04. The summed E-state index contributed by atoms with van der Waals surface area (Å²) in [6, 6.07) is 3.87. The Bertz CT molecular complexity index is 364. The van der Waals surface area contributed by atoms with Crippen LogP contribution in [0.1, 0.15) is 18.1 Å². The molecule has 1 unspecified atom stereocenters. The van der Waals surface area contributed by atoms with Crippen LogP contribution in [0.25, 0.3) is 0 Å². The van der Waals surface area contributed by atoms with Gasteiger partial charge in [0, 0.05) is 11.6 Å². The third-order valence-corrected chi connectivity index (χ3v) is 1.93. The van der Waals surface area contributed by atoms with E-state index < -0.39 is 24.3 Å². The maximum atomic E-state index is 13.3. The smallest absolute Gasteiger partial charge is 0.306 e. The second kappa shape index (κ2) is 4.75. The monoisotopic (exact) mass is 214 g/mol. The molecule has 0 spiro atoms. The molecule has 2 N–H and O–H groups in total. The van der Waals surface area contributed by atoms with Gasteiger partial charge in [-0.1, -0.05) is 0 Å². The maximum absolute atomic E-state index is 13.3. The van der Waals surface area contributed by atoms with Gasteiger partial charge < -0.3 is 14.9 Å². The van der Waals surface area contributed by atoms with Gasteiger partial charge in [-0.15, -0.1) is 0 Å². The molecule has 0 aliphatic carbocycles. The first-order valence-corrected chi connectivity index (χ1v) is 4.28. The van der Waals surface area contributed by atoms with Crippen molar-refractivity contribution in [2.75, 3.05) is 7.11 Å². The van der Waals surface area contributed by atoms with Crippen LogP contribution in [-0.4, -0.2) is 23.3 Å². The fourth-order valence-corrected chi connectivity index (χ4v) is 1.18. The molecule has 0 heterocycles. The summed E-state index contributed by atoms with van der Waals surface area (Å²) in [6.45, 7) is 0. The van der Waals surface area contributed by atoms with Crippen molar-refractivity contribution >= 4 is 5.97 Å². The number of hydrogen-bond donors (Lipinski definition) is 2. The summed E-state index contributed by atoms with van der Waals surface area (Å²) in [4.78, 5) is 10.3. The van der Waals surface area contributed by atoms with Gasteiger partial charge in [0.15, 0.2) is 0 Å². The molecule has 0 aliphatic heterocycles. The highest BCUT2D eigenvalue weighted by atomic mass is 19.1. The molecule has 0 amide bonds. The number of methoxy groups -OCH3 is 1. The fourth-order valence-electron chi connectivity index (χ4n) is 1.18. The second-order valence-corrected chi connectivity index (χ2v) is 3.00. The number of ether oxygens (including phenoxy) is 1. The molecular formula is C10H11FO4. The molecular weight excluding hydrogens is 203 g/mol. The summed E-state index contributed by atoms with van der Waals surface area (Å²) in [5.41, 5.74) is -0.0433. The second-order valence-electron chi connectivity index (χ2n) is 3.00. The maximum Gasteiger partial charge on any atom is 0.306 e. The highest BCUT2D eigenvalue weighted by Crippen LogP contribution is 2.23. The van der Waals surface area contributed by atoms with E-state index in [1.54, 1.807) is 0 Å². The van der Waals surface area contributed by atoms with Crippen molar-refractivity contribution in [1.82, 2.24) is 0 Å². The Kier molecular flexibility index (Phi) is 3.62. The molecule has 0 aromatic heterocycles. The number of benzene rings is 1. The molecule has 0 saturated carbocycles. The number of aliphatic carboxylic acids is 1. The fraction of sp³-hybridized carbons (Fsp3) is 0.300. The number of hydrogen-bond acceptors (Lipinski definition) is 3. The molecule has 1 atom stereocenters. The lowest BCUT2D eigenvalue weighted by Crippen LogP contribution is -2.07. The van der Waals surface area contributed by atoms with Gasteiger partial charge in [0.25, 0.3) is 0 Å². The molecule has 1 rings (SSSR count). The van der Waals surface area contributed by atoms with E-state index in [1.165, 1.54) is 19.2 Å². The predicted molar refractivity (Wildman–Crippen MR) is 50.2 cm³/mol. The normalized spacial score (nSPS) is 12.2. The zero-order valence-electron chi connectivity index (χ0n) is 8.11. The third kappa shape index (κ3) is 2.92. The van der Waals surface area contributed by atoms with Crippen LogP contribution in [0.15, 0.2) is 18.2 Å². The van der Waals surface area contributed by atoms with E-state index in [0.29, 0.717) is 5.75 Å². The van der Waals surface area contributed by atoms with Gasteiger partial charge >= 0.3 is 5.97 Å². The van der Waals surface area contributed by atoms with E-state index in [1.807, 2.05) is 0 Å². The van der Waals surface area contributed by atoms with Crippen LogP contribution in [0, 0.1) is 5.82 Å². The Morgan fingerprint density at radius 2 is 2.27 bits per heavy atom. The summed E-state index contributed by atoms with van der Waals surface area (Å²) in [5.74, 6) is -1.54. The molecule has 0 radical (unpaired) electrons. The summed E-state index contributed by atoms with van der Waals surface area (Å²) in [7, 11) is 1.39. The quantitative estimate of drug-likeness (QED) is 0.793. The lowest BCUT2D eigenvalue weighted by atomic mass is 10.1. The zero-order chi connectivity index (χ0) is 11.4. The lowest BCUT2D eigenvalue weighted by molar-refractivity contribution is -0.139. The molecule has 0 saturated heterocycles. The molecule has 0 aliphatic rings. The van der Waals surface area contributed by atoms with Gasteiger partial charge in [0.2, 0.25) is 0 Å². The standard InChI is InChI=1S/C10H11FO4/c1-15-6-2-3-7(8(11)4-6)9(12)5-10(13)14/h2-4,9,12H,5H2,1H3,(H,13,14). The van der Waals surface area contributed by atoms with Crippen molar-refractivity contribution < 1.29 is 24.1 Å². The van der Waals surface area contributed by atoms with E-state index in [0.717, 1.165) is 6.07 Å². The number of carbonyl (C=O) groups is 1. The molecule has 0 bridgehead atoms. The van der Waals surface area contributed by atoms with Gasteiger partial charge in [0.05, 0.1) is 19.6 Å². The Morgan fingerprint density at radius 3 is 2.73 bits per heavy atom. The average Bonchev–Trinajstić information content (AvgIpc) is 2.16. The molecule has 5 heteroatoms. The largest absolute Gasteiger partial charge is 0.497 e. The van der Waals surface area contributed by atoms with Crippen molar-refractivity contribution in [3.63, 3.8) is 0 Å². The lowest BCUT2D eigenvalue weighted by Gasteiger charge is -2.10. The Labute approximate surface area is 85.9 Å². The van der Waals surface area contributed by atoms with Gasteiger partial charge in [0.1, 0.15) is 11.6 Å². The molecule has 15 heavy (non-hydrogen) atoms. The Hall–Kier alpha value is -1.62. The summed E-state index contributed by atoms with van der Waals surface area (Å²) >= 11 is 0. The van der Waals surface area contributed by atoms with Gasteiger partial charge in [-0.25, -0.2) is 4.39 Å². The first-order valence-electron chi connectivity index (χ1n) is 4.28. The van der Waals surface area contributed by atoms with E-state index in [4.69, 9.17) is 9.84 Å². The van der Waals surface area contributed by atoms with Crippen LogP contribution < -0.4 is 4.74 Å². The van der Waals surface area contributed by atoms with Crippen molar-refractivity contribution in [3.05, 3.63) is 29.6 Å². The van der Waals surface area contributed by atoms with Crippen LogP contribution >= 0.6 is 0 Å².